The molecule has 2 aromatic carbocycles. The second-order valence-corrected chi connectivity index (χ2v) is 6.08. The molecule has 0 spiro atoms. The predicted molar refractivity (Wildman–Crippen MR) is 99.4 cm³/mol. The van der Waals surface area contributed by atoms with E-state index in [1.807, 2.05) is 26.0 Å². The minimum atomic E-state index is -0.0675. The van der Waals surface area contributed by atoms with Crippen molar-refractivity contribution in [3.8, 4) is 0 Å². The minimum absolute atomic E-state index is 0. The maximum atomic E-state index is 12.4. The highest BCUT2D eigenvalue weighted by Gasteiger charge is 2.13. The van der Waals surface area contributed by atoms with E-state index in [0.717, 1.165) is 12.0 Å². The summed E-state index contributed by atoms with van der Waals surface area (Å²) in [7, 11) is 0. The zero-order chi connectivity index (χ0) is 16.3. The number of carbonyl (C=O) groups excluding carboxylic acids is 1. The van der Waals surface area contributed by atoms with Crippen molar-refractivity contribution in [3.05, 3.63) is 64.2 Å². The quantitative estimate of drug-likeness (QED) is 0.832. The normalized spacial score (nSPS) is 11.5. The zero-order valence-corrected chi connectivity index (χ0v) is 15.0. The van der Waals surface area contributed by atoms with E-state index in [2.05, 4.69) is 37.4 Å². The number of rotatable bonds is 4. The number of nitrogens with one attached hydrogen (secondary N) is 1. The number of amides is 1. The molecule has 3 nitrogen and oxygen atoms in total. The van der Waals surface area contributed by atoms with Crippen LogP contribution in [0.25, 0.3) is 0 Å². The Morgan fingerprint density at radius 2 is 1.78 bits per heavy atom. The van der Waals surface area contributed by atoms with Crippen LogP contribution in [0, 0.1) is 20.8 Å². The SMILES string of the molecule is Cc1ccc(CC(C)NC(=O)c2cc(N)ccc2C)c(C)c1.Cl. The Balaban J connectivity index is 0.00000264. The van der Waals surface area contributed by atoms with Gasteiger partial charge in [0.15, 0.2) is 0 Å². The maximum Gasteiger partial charge on any atom is 0.251 e. The molecule has 0 bridgehead atoms. The molecule has 0 saturated heterocycles. The van der Waals surface area contributed by atoms with Crippen LogP contribution in [0.4, 0.5) is 5.69 Å². The standard InChI is InChI=1S/C19H24N2O.ClH/c1-12-5-7-16(14(3)9-12)10-15(4)21-19(22)18-11-17(20)8-6-13(18)2;/h5-9,11,15H,10,20H2,1-4H3,(H,21,22);1H. The summed E-state index contributed by atoms with van der Waals surface area (Å²) in [6, 6.07) is 11.9. The van der Waals surface area contributed by atoms with E-state index in [0.29, 0.717) is 11.3 Å². The molecule has 0 radical (unpaired) electrons. The van der Waals surface area contributed by atoms with Crippen molar-refractivity contribution >= 4 is 24.0 Å². The number of aryl methyl sites for hydroxylation is 3. The summed E-state index contributed by atoms with van der Waals surface area (Å²) in [4.78, 5) is 12.4. The van der Waals surface area contributed by atoms with Gasteiger partial charge in [-0.1, -0.05) is 29.8 Å². The van der Waals surface area contributed by atoms with Gasteiger partial charge in [0, 0.05) is 17.3 Å². The van der Waals surface area contributed by atoms with Crippen LogP contribution < -0.4 is 11.1 Å². The first-order chi connectivity index (χ1) is 10.4. The molecule has 4 heteroatoms. The number of nitrogens with two attached hydrogens (primary N) is 1. The van der Waals surface area contributed by atoms with Crippen LogP contribution in [0.3, 0.4) is 0 Å². The van der Waals surface area contributed by atoms with Gasteiger partial charge in [-0.05, 0) is 62.9 Å². The Hall–Kier alpha value is -2.00. The van der Waals surface area contributed by atoms with E-state index >= 15 is 0 Å². The first-order valence-corrected chi connectivity index (χ1v) is 7.60. The minimum Gasteiger partial charge on any atom is -0.399 e. The van der Waals surface area contributed by atoms with Gasteiger partial charge in [0.1, 0.15) is 0 Å². The van der Waals surface area contributed by atoms with Crippen LogP contribution in [0.15, 0.2) is 36.4 Å². The van der Waals surface area contributed by atoms with Crippen LogP contribution in [0.1, 0.15) is 39.5 Å². The third-order valence-corrected chi connectivity index (χ3v) is 3.91. The fourth-order valence-electron chi connectivity index (χ4n) is 2.64. The van der Waals surface area contributed by atoms with E-state index in [1.54, 1.807) is 6.07 Å². The lowest BCUT2D eigenvalue weighted by atomic mass is 9.99. The number of anilines is 1. The number of nitrogen functional groups attached to an aromatic ring is 1. The van der Waals surface area contributed by atoms with Crippen molar-refractivity contribution in [2.75, 3.05) is 5.73 Å². The van der Waals surface area contributed by atoms with Crippen molar-refractivity contribution < 1.29 is 4.79 Å². The third-order valence-electron chi connectivity index (χ3n) is 3.91. The molecule has 0 aromatic heterocycles. The van der Waals surface area contributed by atoms with Crippen LogP contribution in [-0.2, 0) is 6.42 Å². The monoisotopic (exact) mass is 332 g/mol. The largest absolute Gasteiger partial charge is 0.399 e. The third kappa shape index (κ3) is 5.00. The molecule has 2 aromatic rings. The summed E-state index contributed by atoms with van der Waals surface area (Å²) < 4.78 is 0. The highest BCUT2D eigenvalue weighted by Crippen LogP contribution is 2.15. The fourth-order valence-corrected chi connectivity index (χ4v) is 2.64. The van der Waals surface area contributed by atoms with Crippen molar-refractivity contribution in [3.63, 3.8) is 0 Å². The van der Waals surface area contributed by atoms with Gasteiger partial charge in [-0.2, -0.15) is 0 Å². The van der Waals surface area contributed by atoms with Crippen LogP contribution >= 0.6 is 12.4 Å². The molecule has 0 heterocycles. The fraction of sp³-hybridized carbons (Fsp3) is 0.316. The number of benzene rings is 2. The molecule has 0 aliphatic carbocycles. The molecule has 1 unspecified atom stereocenters. The highest BCUT2D eigenvalue weighted by atomic mass is 35.5. The second kappa shape index (κ2) is 8.02. The Labute approximate surface area is 144 Å². The van der Waals surface area contributed by atoms with Crippen molar-refractivity contribution in [1.82, 2.24) is 5.32 Å². The molecular weight excluding hydrogens is 308 g/mol. The molecule has 2 rings (SSSR count). The lowest BCUT2D eigenvalue weighted by Gasteiger charge is -2.17. The molecule has 23 heavy (non-hydrogen) atoms. The molecule has 0 aliphatic rings. The van der Waals surface area contributed by atoms with Gasteiger partial charge in [-0.3, -0.25) is 4.79 Å². The lowest BCUT2D eigenvalue weighted by Crippen LogP contribution is -2.34. The molecule has 3 N–H and O–H groups in total. The summed E-state index contributed by atoms with van der Waals surface area (Å²) in [5.41, 5.74) is 11.8. The van der Waals surface area contributed by atoms with E-state index in [4.69, 9.17) is 5.73 Å². The molecule has 0 aliphatic heterocycles. The lowest BCUT2D eigenvalue weighted by molar-refractivity contribution is 0.0939. The van der Waals surface area contributed by atoms with Crippen LogP contribution in [0.2, 0.25) is 0 Å². The number of halogens is 1. The van der Waals surface area contributed by atoms with Crippen LogP contribution in [0.5, 0.6) is 0 Å². The van der Waals surface area contributed by atoms with Crippen LogP contribution in [-0.4, -0.2) is 11.9 Å². The van der Waals surface area contributed by atoms with Gasteiger partial charge in [0.25, 0.3) is 5.91 Å². The smallest absolute Gasteiger partial charge is 0.251 e. The summed E-state index contributed by atoms with van der Waals surface area (Å²) in [5, 5.41) is 3.06. The van der Waals surface area contributed by atoms with Crippen molar-refractivity contribution in [2.45, 2.75) is 40.2 Å². The highest BCUT2D eigenvalue weighted by molar-refractivity contribution is 5.96. The molecule has 1 atom stereocenters. The van der Waals surface area contributed by atoms with Crippen molar-refractivity contribution in [2.24, 2.45) is 0 Å². The maximum absolute atomic E-state index is 12.4. The Bertz CT molecular complexity index is 698. The van der Waals surface area contributed by atoms with Crippen molar-refractivity contribution in [1.29, 1.82) is 0 Å². The first kappa shape index (κ1) is 19.0. The van der Waals surface area contributed by atoms with Gasteiger partial charge in [-0.15, -0.1) is 12.4 Å². The van der Waals surface area contributed by atoms with Gasteiger partial charge >= 0.3 is 0 Å². The van der Waals surface area contributed by atoms with Gasteiger partial charge in [-0.25, -0.2) is 0 Å². The zero-order valence-electron chi connectivity index (χ0n) is 14.1. The molecular formula is C19H25ClN2O. The average Bonchev–Trinajstić information content (AvgIpc) is 2.44. The summed E-state index contributed by atoms with van der Waals surface area (Å²) in [6.07, 6.45) is 0.819. The predicted octanol–water partition coefficient (Wildman–Crippen LogP) is 3.98. The summed E-state index contributed by atoms with van der Waals surface area (Å²) >= 11 is 0. The second-order valence-electron chi connectivity index (χ2n) is 6.08. The van der Waals surface area contributed by atoms with E-state index < -0.39 is 0 Å². The van der Waals surface area contributed by atoms with Gasteiger partial charge in [0.05, 0.1) is 0 Å². The topological polar surface area (TPSA) is 55.1 Å². The summed E-state index contributed by atoms with van der Waals surface area (Å²) in [5.74, 6) is -0.0675. The Morgan fingerprint density at radius 1 is 1.09 bits per heavy atom. The van der Waals surface area contributed by atoms with Gasteiger partial charge in [0.2, 0.25) is 0 Å². The molecule has 0 fully saturated rings. The first-order valence-electron chi connectivity index (χ1n) is 7.60. The van der Waals surface area contributed by atoms with Gasteiger partial charge < -0.3 is 11.1 Å². The molecule has 0 saturated carbocycles. The molecule has 1 amide bonds. The molecule has 124 valence electrons. The Morgan fingerprint density at radius 3 is 2.43 bits per heavy atom. The Kier molecular flexibility index (Phi) is 6.64. The van der Waals surface area contributed by atoms with E-state index in [9.17, 15) is 4.79 Å². The number of carbonyl (C=O) groups is 1. The summed E-state index contributed by atoms with van der Waals surface area (Å²) in [6.45, 7) is 8.14. The average molecular weight is 333 g/mol. The van der Waals surface area contributed by atoms with E-state index in [-0.39, 0.29) is 24.4 Å². The van der Waals surface area contributed by atoms with E-state index in [1.165, 1.54) is 16.7 Å². The number of hydrogen-bond donors (Lipinski definition) is 2. The number of hydrogen-bond acceptors (Lipinski definition) is 2.